The van der Waals surface area contributed by atoms with Crippen LogP contribution in [-0.4, -0.2) is 21.3 Å². The van der Waals surface area contributed by atoms with Gasteiger partial charge in [0.05, 0.1) is 6.42 Å². The van der Waals surface area contributed by atoms with Gasteiger partial charge in [-0.1, -0.05) is 11.3 Å². The molecule has 0 aromatic carbocycles. The molecule has 5 heteroatoms. The van der Waals surface area contributed by atoms with Crippen molar-refractivity contribution in [3.05, 3.63) is 10.5 Å². The van der Waals surface area contributed by atoms with Crippen molar-refractivity contribution in [3.8, 4) is 0 Å². The first kappa shape index (κ1) is 6.15. The maximum atomic E-state index is 9.99. The number of rotatable bonds is 2. The van der Waals surface area contributed by atoms with Crippen LogP contribution in [0, 0.1) is 5.51 Å². The van der Waals surface area contributed by atoms with Gasteiger partial charge in [-0.25, -0.2) is 0 Å². The summed E-state index contributed by atoms with van der Waals surface area (Å²) in [5.41, 5.74) is 2.45. The van der Waals surface area contributed by atoms with Gasteiger partial charge in [0.1, 0.15) is 5.01 Å². The number of hydrogen-bond acceptors (Lipinski definition) is 4. The molecule has 0 unspecified atom stereocenters. The molecule has 0 aliphatic rings. The smallest absolute Gasteiger partial charge is 0.310 e. The molecule has 0 saturated heterocycles. The van der Waals surface area contributed by atoms with Crippen molar-refractivity contribution in [1.29, 1.82) is 0 Å². The maximum absolute atomic E-state index is 9.99. The Labute approximate surface area is 55.2 Å². The van der Waals surface area contributed by atoms with Gasteiger partial charge in [0, 0.05) is 0 Å². The van der Waals surface area contributed by atoms with Crippen LogP contribution in [0.2, 0.25) is 0 Å². The zero-order chi connectivity index (χ0) is 6.69. The third-order valence-electron chi connectivity index (χ3n) is 0.668. The number of aromatic nitrogens is 2. The molecule has 47 valence electrons. The first-order valence-electron chi connectivity index (χ1n) is 2.19. The minimum absolute atomic E-state index is 0.0544. The van der Waals surface area contributed by atoms with E-state index < -0.39 is 5.97 Å². The molecule has 0 amide bonds. The van der Waals surface area contributed by atoms with Crippen LogP contribution in [0.15, 0.2) is 0 Å². The summed E-state index contributed by atoms with van der Waals surface area (Å²) in [7, 11) is 0. The van der Waals surface area contributed by atoms with Crippen LogP contribution >= 0.6 is 11.3 Å². The zero-order valence-corrected chi connectivity index (χ0v) is 5.18. The van der Waals surface area contributed by atoms with Gasteiger partial charge in [-0.05, 0) is 0 Å². The second-order valence-corrected chi connectivity index (χ2v) is 2.22. The number of carboxylic acids is 1. The quantitative estimate of drug-likeness (QED) is 0.631. The molecule has 0 spiro atoms. The fourth-order valence-electron chi connectivity index (χ4n) is 0.370. The molecule has 9 heavy (non-hydrogen) atoms. The van der Waals surface area contributed by atoms with Gasteiger partial charge in [-0.15, -0.1) is 10.2 Å². The van der Waals surface area contributed by atoms with E-state index in [-0.39, 0.29) is 6.42 Å². The van der Waals surface area contributed by atoms with Crippen LogP contribution in [-0.2, 0) is 11.2 Å². The summed E-state index contributed by atoms with van der Waals surface area (Å²) in [6.07, 6.45) is -0.0544. The maximum Gasteiger partial charge on any atom is 0.310 e. The molecule has 0 aliphatic carbocycles. The van der Waals surface area contributed by atoms with Gasteiger partial charge in [0.2, 0.25) is 0 Å². The van der Waals surface area contributed by atoms with E-state index in [1.807, 2.05) is 0 Å². The predicted molar refractivity (Wildman–Crippen MR) is 30.1 cm³/mol. The van der Waals surface area contributed by atoms with E-state index in [4.69, 9.17) is 5.11 Å². The van der Waals surface area contributed by atoms with Crippen LogP contribution in [0.3, 0.4) is 0 Å². The van der Waals surface area contributed by atoms with Crippen molar-refractivity contribution in [1.82, 2.24) is 10.2 Å². The lowest BCUT2D eigenvalue weighted by Gasteiger charge is -1.82. The highest BCUT2D eigenvalue weighted by molar-refractivity contribution is 7.08. The third-order valence-corrected chi connectivity index (χ3v) is 1.30. The number of nitrogens with zero attached hydrogens (tertiary/aromatic N) is 2. The van der Waals surface area contributed by atoms with Crippen LogP contribution in [0.5, 0.6) is 0 Å². The summed E-state index contributed by atoms with van der Waals surface area (Å²) in [5, 5.41) is 15.5. The Bertz CT molecular complexity index is 196. The van der Waals surface area contributed by atoms with E-state index >= 15 is 0 Å². The van der Waals surface area contributed by atoms with Crippen LogP contribution in [0.1, 0.15) is 5.01 Å². The summed E-state index contributed by atoms with van der Waals surface area (Å²) in [6.45, 7) is 0. The molecule has 0 aliphatic heterocycles. The summed E-state index contributed by atoms with van der Waals surface area (Å²) in [5.74, 6) is -0.889. The molecule has 0 bridgehead atoms. The molecule has 1 heterocycles. The lowest BCUT2D eigenvalue weighted by atomic mass is 10.5. The minimum atomic E-state index is -0.889. The highest BCUT2D eigenvalue weighted by Crippen LogP contribution is 2.00. The third kappa shape index (κ3) is 1.77. The average molecular weight is 143 g/mol. The van der Waals surface area contributed by atoms with Crippen LogP contribution < -0.4 is 0 Å². The van der Waals surface area contributed by atoms with E-state index in [2.05, 4.69) is 15.7 Å². The second kappa shape index (κ2) is 2.54. The lowest BCUT2D eigenvalue weighted by Crippen LogP contribution is -1.98. The summed E-state index contributed by atoms with van der Waals surface area (Å²) in [6, 6.07) is 0. The highest BCUT2D eigenvalue weighted by atomic mass is 32.1. The molecule has 1 aromatic heterocycles. The van der Waals surface area contributed by atoms with Gasteiger partial charge < -0.3 is 5.11 Å². The Morgan fingerprint density at radius 2 is 2.67 bits per heavy atom. The lowest BCUT2D eigenvalue weighted by molar-refractivity contribution is -0.136. The van der Waals surface area contributed by atoms with Crippen LogP contribution in [0.25, 0.3) is 0 Å². The molecular weight excluding hydrogens is 140 g/mol. The van der Waals surface area contributed by atoms with Crippen molar-refractivity contribution >= 4 is 17.3 Å². The van der Waals surface area contributed by atoms with E-state index in [0.717, 1.165) is 11.3 Å². The molecular formula is C4H3N2O2S. The molecule has 0 saturated carbocycles. The highest BCUT2D eigenvalue weighted by Gasteiger charge is 2.01. The van der Waals surface area contributed by atoms with Gasteiger partial charge in [-0.3, -0.25) is 4.79 Å². The van der Waals surface area contributed by atoms with Crippen molar-refractivity contribution in [3.63, 3.8) is 0 Å². The molecule has 1 aromatic rings. The molecule has 0 fully saturated rings. The molecule has 1 rings (SSSR count). The topological polar surface area (TPSA) is 63.1 Å². The van der Waals surface area contributed by atoms with Crippen molar-refractivity contribution in [2.24, 2.45) is 0 Å². The Morgan fingerprint density at radius 3 is 3.11 bits per heavy atom. The second-order valence-electron chi connectivity index (χ2n) is 1.36. The van der Waals surface area contributed by atoms with Gasteiger partial charge in [0.25, 0.3) is 0 Å². The van der Waals surface area contributed by atoms with E-state index in [0.29, 0.717) is 5.01 Å². The van der Waals surface area contributed by atoms with Crippen LogP contribution in [0.4, 0.5) is 0 Å². The normalized spacial score (nSPS) is 9.33. The van der Waals surface area contributed by atoms with Crippen molar-refractivity contribution in [2.75, 3.05) is 0 Å². The Balaban J connectivity index is 2.58. The van der Waals surface area contributed by atoms with E-state index in [1.165, 1.54) is 0 Å². The molecule has 0 atom stereocenters. The van der Waals surface area contributed by atoms with Gasteiger partial charge in [-0.2, -0.15) is 0 Å². The van der Waals surface area contributed by atoms with Gasteiger partial charge >= 0.3 is 5.97 Å². The first-order chi connectivity index (χ1) is 4.29. The van der Waals surface area contributed by atoms with Gasteiger partial charge in [0.15, 0.2) is 5.51 Å². The summed E-state index contributed by atoms with van der Waals surface area (Å²) < 4.78 is 0. The zero-order valence-electron chi connectivity index (χ0n) is 4.37. The Morgan fingerprint density at radius 1 is 1.89 bits per heavy atom. The minimum Gasteiger partial charge on any atom is -0.481 e. The fourth-order valence-corrected chi connectivity index (χ4v) is 0.835. The molecule has 1 radical (unpaired) electrons. The molecule has 1 N–H and O–H groups in total. The van der Waals surface area contributed by atoms with Crippen molar-refractivity contribution < 1.29 is 9.90 Å². The number of hydrogen-bond donors (Lipinski definition) is 1. The number of carboxylic acid groups (broad SMARTS) is 1. The van der Waals surface area contributed by atoms with E-state index in [1.54, 1.807) is 0 Å². The predicted octanol–water partition coefficient (Wildman–Crippen LogP) is -0.0346. The van der Waals surface area contributed by atoms with E-state index in [9.17, 15) is 4.79 Å². The Kier molecular flexibility index (Phi) is 1.74. The molecule has 4 nitrogen and oxygen atoms in total. The number of carbonyl (C=O) groups is 1. The van der Waals surface area contributed by atoms with Crippen molar-refractivity contribution in [2.45, 2.75) is 6.42 Å². The average Bonchev–Trinajstić information content (AvgIpc) is 2.15. The standard InChI is InChI=1S/C4H3N2O2S/c7-4(8)1-3-6-5-2-9-3/h1H2,(H,7,8). The number of aliphatic carboxylic acids is 1. The summed E-state index contributed by atoms with van der Waals surface area (Å²) in [4.78, 5) is 9.99. The first-order valence-corrected chi connectivity index (χ1v) is 3.01. The SMILES string of the molecule is O=C(O)Cc1nn[c]s1. The fraction of sp³-hybridized carbons (Fsp3) is 0.250. The summed E-state index contributed by atoms with van der Waals surface area (Å²) >= 11 is 1.12. The largest absolute Gasteiger partial charge is 0.481 e. The monoisotopic (exact) mass is 143 g/mol. The Hall–Kier alpha value is -0.970.